The van der Waals surface area contributed by atoms with Crippen LogP contribution in [0.2, 0.25) is 0 Å². The van der Waals surface area contributed by atoms with Crippen molar-refractivity contribution < 1.29 is 4.79 Å². The van der Waals surface area contributed by atoms with Crippen molar-refractivity contribution in [3.05, 3.63) is 48.0 Å². The number of amides is 1. The molecule has 1 heterocycles. The number of benzene rings is 1. The molecular weight excluding hydrogens is 238 g/mol. The van der Waals surface area contributed by atoms with Crippen LogP contribution in [0.4, 0.5) is 5.82 Å². The second kappa shape index (κ2) is 5.52. The molecule has 0 saturated carbocycles. The lowest BCUT2D eigenvalue weighted by atomic mass is 10.1. The first-order chi connectivity index (χ1) is 9.13. The lowest BCUT2D eigenvalue weighted by Gasteiger charge is -2.16. The van der Waals surface area contributed by atoms with Crippen LogP contribution in [0, 0.1) is 0 Å². The predicted molar refractivity (Wildman–Crippen MR) is 77.4 cm³/mol. The fourth-order valence-electron chi connectivity index (χ4n) is 1.87. The third-order valence-electron chi connectivity index (χ3n) is 2.84. The third-order valence-corrected chi connectivity index (χ3v) is 2.84. The topological polar surface area (TPSA) is 45.2 Å². The van der Waals surface area contributed by atoms with Crippen molar-refractivity contribution >= 4 is 11.7 Å². The van der Waals surface area contributed by atoms with Crippen LogP contribution >= 0.6 is 0 Å². The summed E-state index contributed by atoms with van der Waals surface area (Å²) in [4.78, 5) is 18.2. The lowest BCUT2D eigenvalue weighted by Crippen LogP contribution is -2.23. The van der Waals surface area contributed by atoms with Crippen LogP contribution < -0.4 is 10.2 Å². The van der Waals surface area contributed by atoms with Crippen molar-refractivity contribution in [1.82, 2.24) is 10.3 Å². The van der Waals surface area contributed by atoms with Gasteiger partial charge in [0.05, 0.1) is 11.3 Å². The summed E-state index contributed by atoms with van der Waals surface area (Å²) < 4.78 is 0. The van der Waals surface area contributed by atoms with E-state index in [9.17, 15) is 4.79 Å². The fraction of sp³-hybridized carbons (Fsp3) is 0.200. The monoisotopic (exact) mass is 255 g/mol. The van der Waals surface area contributed by atoms with Crippen LogP contribution in [-0.2, 0) is 0 Å². The number of aromatic nitrogens is 1. The van der Waals surface area contributed by atoms with E-state index in [1.54, 1.807) is 7.05 Å². The highest BCUT2D eigenvalue weighted by Gasteiger charge is 2.14. The molecular formula is C15H17N3O. The van der Waals surface area contributed by atoms with E-state index in [4.69, 9.17) is 0 Å². The van der Waals surface area contributed by atoms with Gasteiger partial charge in [0.25, 0.3) is 5.91 Å². The number of carbonyl (C=O) groups excluding carboxylic acids is 1. The molecule has 1 N–H and O–H groups in total. The van der Waals surface area contributed by atoms with Gasteiger partial charge in [-0.2, -0.15) is 0 Å². The van der Waals surface area contributed by atoms with Gasteiger partial charge in [-0.3, -0.25) is 4.79 Å². The number of nitrogens with one attached hydrogen (secondary N) is 1. The molecule has 4 nitrogen and oxygen atoms in total. The van der Waals surface area contributed by atoms with E-state index in [2.05, 4.69) is 10.3 Å². The smallest absolute Gasteiger partial charge is 0.254 e. The number of hydrogen-bond acceptors (Lipinski definition) is 3. The summed E-state index contributed by atoms with van der Waals surface area (Å²) in [5.74, 6) is 0.538. The van der Waals surface area contributed by atoms with Crippen molar-refractivity contribution in [2.45, 2.75) is 0 Å². The van der Waals surface area contributed by atoms with Gasteiger partial charge in [0.1, 0.15) is 5.82 Å². The number of pyridine rings is 1. The van der Waals surface area contributed by atoms with Crippen molar-refractivity contribution in [2.75, 3.05) is 26.0 Å². The summed E-state index contributed by atoms with van der Waals surface area (Å²) in [5, 5.41) is 2.63. The first-order valence-electron chi connectivity index (χ1n) is 6.09. The molecule has 2 rings (SSSR count). The maximum absolute atomic E-state index is 11.8. The van der Waals surface area contributed by atoms with Crippen molar-refractivity contribution in [3.8, 4) is 11.3 Å². The zero-order valence-electron chi connectivity index (χ0n) is 11.3. The van der Waals surface area contributed by atoms with E-state index >= 15 is 0 Å². The van der Waals surface area contributed by atoms with E-state index < -0.39 is 0 Å². The summed E-state index contributed by atoms with van der Waals surface area (Å²) in [6.45, 7) is 0. The van der Waals surface area contributed by atoms with E-state index in [0.29, 0.717) is 11.4 Å². The van der Waals surface area contributed by atoms with Crippen LogP contribution in [0.15, 0.2) is 42.5 Å². The molecule has 0 aliphatic heterocycles. The molecule has 4 heteroatoms. The third kappa shape index (κ3) is 2.73. The fourth-order valence-corrected chi connectivity index (χ4v) is 1.87. The van der Waals surface area contributed by atoms with Crippen molar-refractivity contribution in [3.63, 3.8) is 0 Å². The Kier molecular flexibility index (Phi) is 3.80. The zero-order chi connectivity index (χ0) is 13.8. The summed E-state index contributed by atoms with van der Waals surface area (Å²) >= 11 is 0. The van der Waals surface area contributed by atoms with Crippen LogP contribution in [0.1, 0.15) is 10.4 Å². The van der Waals surface area contributed by atoms with Crippen LogP contribution in [-0.4, -0.2) is 32.0 Å². The Hall–Kier alpha value is -2.36. The average Bonchev–Trinajstić information content (AvgIpc) is 2.46. The van der Waals surface area contributed by atoms with Gasteiger partial charge in [0.2, 0.25) is 0 Å². The first kappa shape index (κ1) is 13.1. The maximum atomic E-state index is 11.8. The molecule has 98 valence electrons. The maximum Gasteiger partial charge on any atom is 0.254 e. The number of rotatable bonds is 3. The van der Waals surface area contributed by atoms with E-state index in [0.717, 1.165) is 11.3 Å². The van der Waals surface area contributed by atoms with E-state index in [1.165, 1.54) is 0 Å². The highest BCUT2D eigenvalue weighted by atomic mass is 16.1. The Bertz CT molecular complexity index is 579. The van der Waals surface area contributed by atoms with Crippen LogP contribution in [0.5, 0.6) is 0 Å². The summed E-state index contributed by atoms with van der Waals surface area (Å²) in [6, 6.07) is 13.6. The van der Waals surface area contributed by atoms with Gasteiger partial charge in [0, 0.05) is 26.7 Å². The van der Waals surface area contributed by atoms with Crippen molar-refractivity contribution in [2.24, 2.45) is 0 Å². The van der Waals surface area contributed by atoms with Gasteiger partial charge in [-0.1, -0.05) is 30.3 Å². The van der Waals surface area contributed by atoms with Gasteiger partial charge in [-0.05, 0) is 12.1 Å². The predicted octanol–water partition coefficient (Wildman–Crippen LogP) is 2.17. The molecule has 1 aromatic heterocycles. The van der Waals surface area contributed by atoms with Gasteiger partial charge >= 0.3 is 0 Å². The lowest BCUT2D eigenvalue weighted by molar-refractivity contribution is 0.0963. The average molecular weight is 255 g/mol. The Labute approximate surface area is 113 Å². The standard InChI is InChI=1S/C15H17N3O/c1-16-15(19)12-9-10-13(17-14(12)18(2)3)11-7-5-4-6-8-11/h4-10H,1-3H3,(H,16,19). The van der Waals surface area contributed by atoms with Crippen LogP contribution in [0.3, 0.4) is 0 Å². The number of nitrogens with zero attached hydrogens (tertiary/aromatic N) is 2. The zero-order valence-corrected chi connectivity index (χ0v) is 11.3. The number of hydrogen-bond donors (Lipinski definition) is 1. The molecule has 2 aromatic rings. The molecule has 0 radical (unpaired) electrons. The SMILES string of the molecule is CNC(=O)c1ccc(-c2ccccc2)nc1N(C)C. The van der Waals surface area contributed by atoms with E-state index in [1.807, 2.05) is 61.5 Å². The molecule has 0 unspecified atom stereocenters. The highest BCUT2D eigenvalue weighted by molar-refractivity contribution is 5.99. The van der Waals surface area contributed by atoms with Gasteiger partial charge in [-0.15, -0.1) is 0 Å². The Morgan fingerprint density at radius 2 is 1.79 bits per heavy atom. The molecule has 0 atom stereocenters. The molecule has 0 fully saturated rings. The second-order valence-corrected chi connectivity index (χ2v) is 4.41. The molecule has 0 bridgehead atoms. The summed E-state index contributed by atoms with van der Waals surface area (Å²) in [5.41, 5.74) is 2.47. The number of carbonyl (C=O) groups is 1. The molecule has 1 aromatic carbocycles. The first-order valence-corrected chi connectivity index (χ1v) is 6.09. The highest BCUT2D eigenvalue weighted by Crippen LogP contribution is 2.23. The van der Waals surface area contributed by atoms with Gasteiger partial charge < -0.3 is 10.2 Å². The normalized spacial score (nSPS) is 10.1. The molecule has 0 aliphatic rings. The minimum Gasteiger partial charge on any atom is -0.362 e. The largest absolute Gasteiger partial charge is 0.362 e. The Balaban J connectivity index is 2.51. The molecule has 0 aliphatic carbocycles. The summed E-state index contributed by atoms with van der Waals surface area (Å²) in [6.07, 6.45) is 0. The van der Waals surface area contributed by atoms with E-state index in [-0.39, 0.29) is 5.91 Å². The minimum absolute atomic E-state index is 0.129. The minimum atomic E-state index is -0.129. The van der Waals surface area contributed by atoms with Gasteiger partial charge in [0.15, 0.2) is 0 Å². The molecule has 19 heavy (non-hydrogen) atoms. The summed E-state index contributed by atoms with van der Waals surface area (Å²) in [7, 11) is 5.37. The molecule has 1 amide bonds. The van der Waals surface area contributed by atoms with Crippen molar-refractivity contribution in [1.29, 1.82) is 0 Å². The Morgan fingerprint density at radius 1 is 1.11 bits per heavy atom. The van der Waals surface area contributed by atoms with Gasteiger partial charge in [-0.25, -0.2) is 4.98 Å². The number of anilines is 1. The molecule has 0 saturated heterocycles. The second-order valence-electron chi connectivity index (χ2n) is 4.41. The Morgan fingerprint density at radius 3 is 2.37 bits per heavy atom. The van der Waals surface area contributed by atoms with Crippen LogP contribution in [0.25, 0.3) is 11.3 Å². The molecule has 0 spiro atoms. The quantitative estimate of drug-likeness (QED) is 0.914.